The van der Waals surface area contributed by atoms with Crippen molar-refractivity contribution in [3.8, 4) is 11.8 Å². The van der Waals surface area contributed by atoms with Crippen molar-refractivity contribution in [1.29, 1.82) is 0 Å². The Kier molecular flexibility index (Phi) is 7.30. The molecule has 1 rings (SSSR count). The lowest BCUT2D eigenvalue weighted by atomic mass is 10.1. The zero-order valence-electron chi connectivity index (χ0n) is 12.4. The van der Waals surface area contributed by atoms with Crippen molar-refractivity contribution in [2.75, 3.05) is 13.1 Å². The van der Waals surface area contributed by atoms with Gasteiger partial charge in [-0.2, -0.15) is 13.2 Å². The Balaban J connectivity index is 2.40. The molecule has 0 saturated carbocycles. The fraction of sp³-hybridized carbons (Fsp3) is 0.438. The van der Waals surface area contributed by atoms with Gasteiger partial charge in [-0.3, -0.25) is 0 Å². The highest BCUT2D eigenvalue weighted by Crippen LogP contribution is 2.29. The summed E-state index contributed by atoms with van der Waals surface area (Å²) in [6.07, 6.45) is -1.34. The SMILES string of the molecule is CCCCCNC(=O)NCC#Cc1cccc(C(F)(F)F)c1. The Morgan fingerprint density at radius 3 is 2.68 bits per heavy atom. The van der Waals surface area contributed by atoms with Crippen LogP contribution in [0.5, 0.6) is 0 Å². The van der Waals surface area contributed by atoms with Gasteiger partial charge in [0.1, 0.15) is 0 Å². The van der Waals surface area contributed by atoms with E-state index < -0.39 is 11.7 Å². The highest BCUT2D eigenvalue weighted by molar-refractivity contribution is 5.74. The van der Waals surface area contributed by atoms with Crippen LogP contribution in [0.3, 0.4) is 0 Å². The maximum Gasteiger partial charge on any atom is 0.416 e. The van der Waals surface area contributed by atoms with Gasteiger partial charge in [-0.15, -0.1) is 0 Å². The van der Waals surface area contributed by atoms with Gasteiger partial charge in [0.25, 0.3) is 0 Å². The van der Waals surface area contributed by atoms with E-state index in [9.17, 15) is 18.0 Å². The topological polar surface area (TPSA) is 41.1 Å². The molecule has 0 heterocycles. The summed E-state index contributed by atoms with van der Waals surface area (Å²) in [6, 6.07) is 4.45. The van der Waals surface area contributed by atoms with Crippen molar-refractivity contribution < 1.29 is 18.0 Å². The van der Waals surface area contributed by atoms with Gasteiger partial charge in [0, 0.05) is 12.1 Å². The molecule has 0 aromatic heterocycles. The van der Waals surface area contributed by atoms with Crippen molar-refractivity contribution in [1.82, 2.24) is 10.6 Å². The molecule has 0 bridgehead atoms. The first-order valence-corrected chi connectivity index (χ1v) is 7.11. The van der Waals surface area contributed by atoms with Gasteiger partial charge >= 0.3 is 12.2 Å². The second kappa shape index (κ2) is 8.98. The van der Waals surface area contributed by atoms with E-state index in [0.29, 0.717) is 6.54 Å². The maximum atomic E-state index is 12.5. The number of carbonyl (C=O) groups excluding carboxylic acids is 1. The number of urea groups is 1. The monoisotopic (exact) mass is 312 g/mol. The summed E-state index contributed by atoms with van der Waals surface area (Å²) in [5, 5.41) is 5.21. The first kappa shape index (κ1) is 17.9. The minimum atomic E-state index is -4.38. The molecule has 3 nitrogen and oxygen atoms in total. The van der Waals surface area contributed by atoms with Crippen molar-refractivity contribution in [2.24, 2.45) is 0 Å². The molecule has 1 aromatic carbocycles. The molecule has 6 heteroatoms. The van der Waals surface area contributed by atoms with Crippen LogP contribution in [-0.2, 0) is 6.18 Å². The molecular weight excluding hydrogens is 293 g/mol. The summed E-state index contributed by atoms with van der Waals surface area (Å²) < 4.78 is 37.6. The number of amides is 2. The minimum absolute atomic E-state index is 0.0792. The van der Waals surface area contributed by atoms with Crippen molar-refractivity contribution in [2.45, 2.75) is 32.4 Å². The van der Waals surface area contributed by atoms with Crippen LogP contribution in [0.2, 0.25) is 0 Å². The molecule has 0 fully saturated rings. The molecule has 0 saturated heterocycles. The number of carbonyl (C=O) groups is 1. The standard InChI is InChI=1S/C16H19F3N2O/c1-2-3-4-10-20-15(22)21-11-6-8-13-7-5-9-14(12-13)16(17,18)19/h5,7,9,12H,2-4,10-11H2,1H3,(H2,20,21,22). The molecule has 0 atom stereocenters. The smallest absolute Gasteiger partial charge is 0.338 e. The Bertz CT molecular complexity index is 544. The third-order valence-corrected chi connectivity index (χ3v) is 2.83. The van der Waals surface area contributed by atoms with Crippen LogP contribution in [-0.4, -0.2) is 19.1 Å². The van der Waals surface area contributed by atoms with Gasteiger partial charge < -0.3 is 10.6 Å². The third kappa shape index (κ3) is 7.02. The summed E-state index contributed by atoms with van der Waals surface area (Å²) in [7, 11) is 0. The average molecular weight is 312 g/mol. The lowest BCUT2D eigenvalue weighted by Gasteiger charge is -2.06. The number of nitrogens with one attached hydrogen (secondary N) is 2. The normalized spacial score (nSPS) is 10.5. The Labute approximate surface area is 128 Å². The Hall–Kier alpha value is -2.16. The van der Waals surface area contributed by atoms with Crippen LogP contribution in [0.25, 0.3) is 0 Å². The van der Waals surface area contributed by atoms with Gasteiger partial charge in [0.15, 0.2) is 0 Å². The summed E-state index contributed by atoms with van der Waals surface area (Å²) >= 11 is 0. The fourth-order valence-corrected chi connectivity index (χ4v) is 1.68. The van der Waals surface area contributed by atoms with Crippen LogP contribution in [0.4, 0.5) is 18.0 Å². The quantitative estimate of drug-likeness (QED) is 0.633. The number of unbranched alkanes of at least 4 members (excludes halogenated alkanes) is 2. The van der Waals surface area contributed by atoms with Crippen LogP contribution >= 0.6 is 0 Å². The minimum Gasteiger partial charge on any atom is -0.338 e. The van der Waals surface area contributed by atoms with Gasteiger partial charge in [0.2, 0.25) is 0 Å². The highest BCUT2D eigenvalue weighted by atomic mass is 19.4. The van der Waals surface area contributed by atoms with Crippen molar-refractivity contribution in [3.63, 3.8) is 0 Å². The van der Waals surface area contributed by atoms with E-state index in [2.05, 4.69) is 29.4 Å². The number of alkyl halides is 3. The lowest BCUT2D eigenvalue weighted by molar-refractivity contribution is -0.137. The summed E-state index contributed by atoms with van der Waals surface area (Å²) in [4.78, 5) is 11.4. The average Bonchev–Trinajstić information content (AvgIpc) is 2.48. The molecule has 1 aromatic rings. The number of benzene rings is 1. The van der Waals surface area contributed by atoms with Gasteiger partial charge in [-0.05, 0) is 24.6 Å². The van der Waals surface area contributed by atoms with Crippen LogP contribution in [0, 0.1) is 11.8 Å². The van der Waals surface area contributed by atoms with E-state index >= 15 is 0 Å². The van der Waals surface area contributed by atoms with E-state index in [1.165, 1.54) is 12.1 Å². The number of hydrogen-bond donors (Lipinski definition) is 2. The Morgan fingerprint density at radius 2 is 2.00 bits per heavy atom. The fourth-order valence-electron chi connectivity index (χ4n) is 1.68. The summed E-state index contributed by atoms with van der Waals surface area (Å²) in [6.45, 7) is 2.75. The largest absolute Gasteiger partial charge is 0.416 e. The van der Waals surface area contributed by atoms with E-state index in [0.717, 1.165) is 31.4 Å². The predicted molar refractivity (Wildman–Crippen MR) is 79.2 cm³/mol. The lowest BCUT2D eigenvalue weighted by Crippen LogP contribution is -2.36. The summed E-state index contributed by atoms with van der Waals surface area (Å²) in [5.74, 6) is 5.22. The maximum absolute atomic E-state index is 12.5. The molecule has 0 spiro atoms. The van der Waals surface area contributed by atoms with E-state index in [1.807, 2.05) is 0 Å². The van der Waals surface area contributed by atoms with E-state index in [1.54, 1.807) is 0 Å². The molecule has 120 valence electrons. The Morgan fingerprint density at radius 1 is 1.23 bits per heavy atom. The molecule has 0 radical (unpaired) electrons. The zero-order valence-corrected chi connectivity index (χ0v) is 12.4. The number of halogens is 3. The van der Waals surface area contributed by atoms with Gasteiger partial charge in [-0.25, -0.2) is 4.79 Å². The molecular formula is C16H19F3N2O. The zero-order chi connectivity index (χ0) is 16.4. The molecule has 0 aliphatic rings. The molecule has 0 aliphatic heterocycles. The van der Waals surface area contributed by atoms with Gasteiger partial charge in [0.05, 0.1) is 12.1 Å². The second-order valence-corrected chi connectivity index (χ2v) is 4.70. The third-order valence-electron chi connectivity index (χ3n) is 2.83. The van der Waals surface area contributed by atoms with Crippen LogP contribution in [0.15, 0.2) is 24.3 Å². The number of rotatable bonds is 5. The van der Waals surface area contributed by atoms with Gasteiger partial charge in [-0.1, -0.05) is 37.7 Å². The molecule has 2 N–H and O–H groups in total. The van der Waals surface area contributed by atoms with E-state index in [4.69, 9.17) is 0 Å². The molecule has 0 aliphatic carbocycles. The number of hydrogen-bond acceptors (Lipinski definition) is 1. The molecule has 2 amide bonds. The highest BCUT2D eigenvalue weighted by Gasteiger charge is 2.30. The first-order valence-electron chi connectivity index (χ1n) is 7.11. The second-order valence-electron chi connectivity index (χ2n) is 4.70. The predicted octanol–water partition coefficient (Wildman–Crippen LogP) is 3.55. The molecule has 0 unspecified atom stereocenters. The van der Waals surface area contributed by atoms with Crippen molar-refractivity contribution in [3.05, 3.63) is 35.4 Å². The van der Waals surface area contributed by atoms with E-state index in [-0.39, 0.29) is 18.1 Å². The first-order chi connectivity index (χ1) is 10.4. The van der Waals surface area contributed by atoms with Crippen LogP contribution < -0.4 is 10.6 Å². The summed E-state index contributed by atoms with van der Waals surface area (Å²) in [5.41, 5.74) is -0.471. The van der Waals surface area contributed by atoms with Crippen molar-refractivity contribution >= 4 is 6.03 Å². The van der Waals surface area contributed by atoms with Crippen LogP contribution in [0.1, 0.15) is 37.3 Å². The molecule has 22 heavy (non-hydrogen) atoms.